The minimum absolute atomic E-state index is 0.253. The van der Waals surface area contributed by atoms with Crippen molar-refractivity contribution in [3.8, 4) is 17.1 Å². The lowest BCUT2D eigenvalue weighted by Gasteiger charge is -2.12. The summed E-state index contributed by atoms with van der Waals surface area (Å²) in [7, 11) is -3.54. The molecule has 164 valence electrons. The van der Waals surface area contributed by atoms with E-state index in [0.29, 0.717) is 16.7 Å². The molecule has 4 rings (SSSR count). The molecule has 0 fully saturated rings. The van der Waals surface area contributed by atoms with Gasteiger partial charge in [0.2, 0.25) is 10.0 Å². The summed E-state index contributed by atoms with van der Waals surface area (Å²) in [5.74, 6) is 1.22. The summed E-state index contributed by atoms with van der Waals surface area (Å²) < 4.78 is 29.5. The van der Waals surface area contributed by atoms with E-state index in [1.165, 1.54) is 22.9 Å². The topological polar surface area (TPSA) is 89.8 Å². The minimum atomic E-state index is -3.54. The van der Waals surface area contributed by atoms with E-state index in [1.807, 2.05) is 22.8 Å². The van der Waals surface area contributed by atoms with Gasteiger partial charge in [-0.2, -0.15) is 0 Å². The molecule has 0 unspecified atom stereocenters. The number of thioether (sulfide) groups is 1. The van der Waals surface area contributed by atoms with Gasteiger partial charge in [0.05, 0.1) is 10.6 Å². The zero-order chi connectivity index (χ0) is 22.6. The molecule has 0 aliphatic carbocycles. The maximum atomic E-state index is 12.4. The third-order valence-corrected chi connectivity index (χ3v) is 7.41. The van der Waals surface area contributed by atoms with Crippen LogP contribution < -0.4 is 4.72 Å². The van der Waals surface area contributed by atoms with Crippen LogP contribution in [-0.4, -0.2) is 40.5 Å². The Hall–Kier alpha value is -3.01. The van der Waals surface area contributed by atoms with Crippen LogP contribution in [0.3, 0.4) is 0 Å². The molecule has 32 heavy (non-hydrogen) atoms. The second-order valence-electron chi connectivity index (χ2n) is 7.21. The monoisotopic (exact) mass is 465 g/mol. The number of aromatic nitrogens is 4. The lowest BCUT2D eigenvalue weighted by molar-refractivity contribution is 0.584. The molecule has 4 aromatic rings. The quantitative estimate of drug-likeness (QED) is 0.312. The zero-order valence-corrected chi connectivity index (χ0v) is 19.4. The summed E-state index contributed by atoms with van der Waals surface area (Å²) in [6, 6.07) is 18.3. The number of hydrogen-bond acceptors (Lipinski definition) is 6. The van der Waals surface area contributed by atoms with Crippen LogP contribution in [0.2, 0.25) is 0 Å². The molecule has 2 aromatic carbocycles. The Kier molecular flexibility index (Phi) is 6.69. The average molecular weight is 466 g/mol. The standard InChI is InChI=1S/C23H23N5O2S2/c1-17-8-9-20(16-18(17)2)28-22(19-10-12-24-13-11-19)26-27-23(28)31-15-14-25-32(29,30)21-6-4-3-5-7-21/h3-13,16,25H,14-15H2,1-2H3. The maximum Gasteiger partial charge on any atom is 0.240 e. The Morgan fingerprint density at radius 3 is 2.41 bits per heavy atom. The number of pyridine rings is 1. The number of hydrogen-bond donors (Lipinski definition) is 1. The molecular weight excluding hydrogens is 442 g/mol. The average Bonchev–Trinajstić information content (AvgIpc) is 3.24. The molecule has 0 bridgehead atoms. The van der Waals surface area contributed by atoms with E-state index in [9.17, 15) is 8.42 Å². The first-order valence-electron chi connectivity index (χ1n) is 10.1. The van der Waals surface area contributed by atoms with Gasteiger partial charge in [-0.1, -0.05) is 36.0 Å². The Balaban J connectivity index is 1.56. The van der Waals surface area contributed by atoms with Crippen molar-refractivity contribution in [1.82, 2.24) is 24.5 Å². The number of nitrogens with one attached hydrogen (secondary N) is 1. The Morgan fingerprint density at radius 2 is 1.69 bits per heavy atom. The molecule has 0 saturated heterocycles. The number of benzene rings is 2. The molecule has 2 aromatic heterocycles. The lowest BCUT2D eigenvalue weighted by Crippen LogP contribution is -2.26. The van der Waals surface area contributed by atoms with Crippen molar-refractivity contribution in [3.63, 3.8) is 0 Å². The van der Waals surface area contributed by atoms with Gasteiger partial charge in [-0.3, -0.25) is 9.55 Å². The van der Waals surface area contributed by atoms with Crippen molar-refractivity contribution in [3.05, 3.63) is 84.2 Å². The molecule has 0 radical (unpaired) electrons. The van der Waals surface area contributed by atoms with Crippen molar-refractivity contribution in [2.45, 2.75) is 23.9 Å². The molecule has 2 heterocycles. The smallest absolute Gasteiger partial charge is 0.240 e. The summed E-state index contributed by atoms with van der Waals surface area (Å²) in [6.07, 6.45) is 3.44. The highest BCUT2D eigenvalue weighted by Crippen LogP contribution is 2.28. The molecule has 1 N–H and O–H groups in total. The van der Waals surface area contributed by atoms with Crippen LogP contribution in [0.1, 0.15) is 11.1 Å². The van der Waals surface area contributed by atoms with Gasteiger partial charge in [-0.15, -0.1) is 10.2 Å². The molecule has 0 aliphatic rings. The van der Waals surface area contributed by atoms with Crippen LogP contribution in [0.15, 0.2) is 83.1 Å². The fourth-order valence-electron chi connectivity index (χ4n) is 3.15. The first kappa shape index (κ1) is 22.2. The zero-order valence-electron chi connectivity index (χ0n) is 17.8. The van der Waals surface area contributed by atoms with Crippen molar-refractivity contribution >= 4 is 21.8 Å². The van der Waals surface area contributed by atoms with E-state index in [-0.39, 0.29) is 11.4 Å². The van der Waals surface area contributed by atoms with Gasteiger partial charge in [0.25, 0.3) is 0 Å². The number of rotatable bonds is 8. The minimum Gasteiger partial charge on any atom is -0.270 e. The van der Waals surface area contributed by atoms with Crippen LogP contribution in [-0.2, 0) is 10.0 Å². The van der Waals surface area contributed by atoms with Gasteiger partial charge in [0.15, 0.2) is 11.0 Å². The van der Waals surface area contributed by atoms with Gasteiger partial charge in [0, 0.05) is 30.3 Å². The van der Waals surface area contributed by atoms with Crippen LogP contribution in [0.25, 0.3) is 17.1 Å². The fraction of sp³-hybridized carbons (Fsp3) is 0.174. The Labute approximate surface area is 192 Å². The SMILES string of the molecule is Cc1ccc(-n2c(SCCNS(=O)(=O)c3ccccc3)nnc2-c2ccncc2)cc1C. The van der Waals surface area contributed by atoms with Gasteiger partial charge in [-0.05, 0) is 61.4 Å². The van der Waals surface area contributed by atoms with Gasteiger partial charge >= 0.3 is 0 Å². The molecule has 0 amide bonds. The van der Waals surface area contributed by atoms with Crippen LogP contribution >= 0.6 is 11.8 Å². The van der Waals surface area contributed by atoms with Gasteiger partial charge in [-0.25, -0.2) is 13.1 Å². The first-order valence-corrected chi connectivity index (χ1v) is 12.5. The van der Waals surface area contributed by atoms with E-state index in [2.05, 4.69) is 45.9 Å². The van der Waals surface area contributed by atoms with Crippen molar-refractivity contribution in [1.29, 1.82) is 0 Å². The lowest BCUT2D eigenvalue weighted by atomic mass is 10.1. The molecule has 0 saturated carbocycles. The second-order valence-corrected chi connectivity index (χ2v) is 10.0. The maximum absolute atomic E-state index is 12.4. The third kappa shape index (κ3) is 4.90. The van der Waals surface area contributed by atoms with Gasteiger partial charge < -0.3 is 0 Å². The normalized spacial score (nSPS) is 11.6. The number of aryl methyl sites for hydroxylation is 2. The number of nitrogens with zero attached hydrogens (tertiary/aromatic N) is 4. The van der Waals surface area contributed by atoms with E-state index < -0.39 is 10.0 Å². The molecular formula is C23H23N5O2S2. The molecule has 7 nitrogen and oxygen atoms in total. The molecule has 0 spiro atoms. The highest BCUT2D eigenvalue weighted by Gasteiger charge is 2.17. The summed E-state index contributed by atoms with van der Waals surface area (Å²) in [5.41, 5.74) is 4.24. The second kappa shape index (κ2) is 9.64. The fourth-order valence-corrected chi connectivity index (χ4v) is 5.14. The number of sulfonamides is 1. The van der Waals surface area contributed by atoms with Gasteiger partial charge in [0.1, 0.15) is 0 Å². The van der Waals surface area contributed by atoms with Crippen molar-refractivity contribution in [2.24, 2.45) is 0 Å². The van der Waals surface area contributed by atoms with E-state index in [4.69, 9.17) is 0 Å². The summed E-state index contributed by atoms with van der Waals surface area (Å²) in [5, 5.41) is 9.50. The van der Waals surface area contributed by atoms with E-state index >= 15 is 0 Å². The predicted molar refractivity (Wildman–Crippen MR) is 126 cm³/mol. The largest absolute Gasteiger partial charge is 0.270 e. The van der Waals surface area contributed by atoms with Crippen LogP contribution in [0, 0.1) is 13.8 Å². The first-order chi connectivity index (χ1) is 15.5. The highest BCUT2D eigenvalue weighted by molar-refractivity contribution is 7.99. The van der Waals surface area contributed by atoms with E-state index in [0.717, 1.165) is 11.3 Å². The Bertz CT molecular complexity index is 1310. The predicted octanol–water partition coefficient (Wildman–Crippen LogP) is 4.02. The molecule has 0 aliphatic heterocycles. The summed E-state index contributed by atoms with van der Waals surface area (Å²) in [6.45, 7) is 4.41. The molecule has 9 heteroatoms. The van der Waals surface area contributed by atoms with Crippen LogP contribution in [0.5, 0.6) is 0 Å². The Morgan fingerprint density at radius 1 is 0.938 bits per heavy atom. The van der Waals surface area contributed by atoms with Crippen LogP contribution in [0.4, 0.5) is 0 Å². The summed E-state index contributed by atoms with van der Waals surface area (Å²) >= 11 is 1.45. The van der Waals surface area contributed by atoms with E-state index in [1.54, 1.807) is 42.7 Å². The van der Waals surface area contributed by atoms with Crippen molar-refractivity contribution < 1.29 is 8.42 Å². The highest BCUT2D eigenvalue weighted by atomic mass is 32.2. The van der Waals surface area contributed by atoms with Crippen molar-refractivity contribution in [2.75, 3.05) is 12.3 Å². The molecule has 0 atom stereocenters. The third-order valence-electron chi connectivity index (χ3n) is 5.00. The summed E-state index contributed by atoms with van der Waals surface area (Å²) in [4.78, 5) is 4.34.